The summed E-state index contributed by atoms with van der Waals surface area (Å²) in [4.78, 5) is 22.0. The number of thioether (sulfide) groups is 1. The Morgan fingerprint density at radius 2 is 2.29 bits per heavy atom. The highest BCUT2D eigenvalue weighted by molar-refractivity contribution is 7.99. The third-order valence-electron chi connectivity index (χ3n) is 2.24. The van der Waals surface area contributed by atoms with Crippen molar-refractivity contribution < 1.29 is 9.90 Å². The second kappa shape index (κ2) is 6.29. The normalized spacial score (nSPS) is 11.8. The molecular formula is C10H15N3O3S. The molecule has 0 aliphatic rings. The molecule has 6 nitrogen and oxygen atoms in total. The Labute approximate surface area is 103 Å². The molecule has 94 valence electrons. The molecule has 1 rings (SSSR count). The zero-order chi connectivity index (χ0) is 12.8. The SMILES string of the molecule is CCC(=CCSc1n[nH]c(=O)n1CC)C(=O)O. The Balaban J connectivity index is 2.68. The Morgan fingerprint density at radius 1 is 1.59 bits per heavy atom. The first-order valence-corrected chi connectivity index (χ1v) is 6.29. The molecule has 0 saturated heterocycles. The van der Waals surface area contributed by atoms with Crippen molar-refractivity contribution in [1.82, 2.24) is 14.8 Å². The standard InChI is InChI=1S/C10H15N3O3S/c1-3-7(8(14)15)5-6-17-10-12-11-9(16)13(10)4-2/h5H,3-4,6H2,1-2H3,(H,11,16)(H,14,15). The molecule has 1 heterocycles. The molecular weight excluding hydrogens is 242 g/mol. The third-order valence-corrected chi connectivity index (χ3v) is 3.14. The first kappa shape index (κ1) is 13.6. The van der Waals surface area contributed by atoms with Gasteiger partial charge in [0.1, 0.15) is 0 Å². The predicted molar refractivity (Wildman–Crippen MR) is 65.3 cm³/mol. The maximum absolute atomic E-state index is 11.3. The molecule has 1 aromatic rings. The minimum Gasteiger partial charge on any atom is -0.478 e. The molecule has 0 saturated carbocycles. The summed E-state index contributed by atoms with van der Waals surface area (Å²) in [6.07, 6.45) is 2.13. The Bertz CT molecular complexity index is 475. The average molecular weight is 257 g/mol. The van der Waals surface area contributed by atoms with Crippen LogP contribution in [-0.2, 0) is 11.3 Å². The summed E-state index contributed by atoms with van der Waals surface area (Å²) in [6, 6.07) is 0. The van der Waals surface area contributed by atoms with E-state index in [1.807, 2.05) is 6.92 Å². The van der Waals surface area contributed by atoms with Crippen LogP contribution in [0.4, 0.5) is 0 Å². The van der Waals surface area contributed by atoms with Crippen LogP contribution in [-0.4, -0.2) is 31.6 Å². The van der Waals surface area contributed by atoms with Gasteiger partial charge in [-0.3, -0.25) is 4.57 Å². The van der Waals surface area contributed by atoms with E-state index in [0.717, 1.165) is 0 Å². The molecule has 0 unspecified atom stereocenters. The lowest BCUT2D eigenvalue weighted by Crippen LogP contribution is -2.16. The zero-order valence-corrected chi connectivity index (χ0v) is 10.6. The van der Waals surface area contributed by atoms with Crippen molar-refractivity contribution in [3.63, 3.8) is 0 Å². The van der Waals surface area contributed by atoms with Gasteiger partial charge in [0.05, 0.1) is 0 Å². The quantitative estimate of drug-likeness (QED) is 0.588. The second-order valence-electron chi connectivity index (χ2n) is 3.25. The fourth-order valence-corrected chi connectivity index (χ4v) is 2.20. The predicted octanol–water partition coefficient (Wildman–Crippen LogP) is 1.10. The van der Waals surface area contributed by atoms with E-state index in [1.165, 1.54) is 16.3 Å². The summed E-state index contributed by atoms with van der Waals surface area (Å²) in [7, 11) is 0. The number of carboxylic acids is 1. The number of aromatic nitrogens is 3. The summed E-state index contributed by atoms with van der Waals surface area (Å²) in [5.41, 5.74) is 0.131. The van der Waals surface area contributed by atoms with E-state index in [4.69, 9.17) is 5.11 Å². The van der Waals surface area contributed by atoms with E-state index in [9.17, 15) is 9.59 Å². The van der Waals surface area contributed by atoms with E-state index in [0.29, 0.717) is 29.4 Å². The molecule has 0 aliphatic carbocycles. The molecule has 0 radical (unpaired) electrons. The van der Waals surface area contributed by atoms with Gasteiger partial charge >= 0.3 is 11.7 Å². The van der Waals surface area contributed by atoms with Gasteiger partial charge in [0.15, 0.2) is 5.16 Å². The fraction of sp³-hybridized carbons (Fsp3) is 0.500. The van der Waals surface area contributed by atoms with Crippen molar-refractivity contribution in [2.75, 3.05) is 5.75 Å². The number of nitrogens with zero attached hydrogens (tertiary/aromatic N) is 2. The van der Waals surface area contributed by atoms with Crippen LogP contribution >= 0.6 is 11.8 Å². The summed E-state index contributed by atoms with van der Waals surface area (Å²) in [6.45, 7) is 4.19. The molecule has 0 fully saturated rings. The molecule has 1 aromatic heterocycles. The monoisotopic (exact) mass is 257 g/mol. The van der Waals surface area contributed by atoms with E-state index in [2.05, 4.69) is 10.2 Å². The van der Waals surface area contributed by atoms with Gasteiger partial charge in [0.25, 0.3) is 0 Å². The first-order chi connectivity index (χ1) is 8.10. The van der Waals surface area contributed by atoms with Crippen LogP contribution in [0, 0.1) is 0 Å². The van der Waals surface area contributed by atoms with Crippen LogP contribution < -0.4 is 5.69 Å². The van der Waals surface area contributed by atoms with E-state index < -0.39 is 5.97 Å². The highest BCUT2D eigenvalue weighted by Crippen LogP contribution is 2.14. The van der Waals surface area contributed by atoms with Crippen molar-refractivity contribution in [1.29, 1.82) is 0 Å². The smallest absolute Gasteiger partial charge is 0.343 e. The number of aromatic amines is 1. The van der Waals surface area contributed by atoms with Gasteiger partial charge in [0.2, 0.25) is 0 Å². The number of carboxylic acid groups (broad SMARTS) is 1. The first-order valence-electron chi connectivity index (χ1n) is 5.30. The van der Waals surface area contributed by atoms with Gasteiger partial charge in [-0.1, -0.05) is 24.8 Å². The highest BCUT2D eigenvalue weighted by atomic mass is 32.2. The average Bonchev–Trinajstić information content (AvgIpc) is 2.64. The molecule has 0 atom stereocenters. The number of nitrogens with one attached hydrogen (secondary N) is 1. The minimum absolute atomic E-state index is 0.243. The molecule has 17 heavy (non-hydrogen) atoms. The largest absolute Gasteiger partial charge is 0.478 e. The van der Waals surface area contributed by atoms with E-state index >= 15 is 0 Å². The number of H-pyrrole nitrogens is 1. The lowest BCUT2D eigenvalue weighted by molar-refractivity contribution is -0.132. The summed E-state index contributed by atoms with van der Waals surface area (Å²) >= 11 is 1.33. The van der Waals surface area contributed by atoms with E-state index in [-0.39, 0.29) is 5.69 Å². The van der Waals surface area contributed by atoms with Crippen molar-refractivity contribution in [2.24, 2.45) is 0 Å². The maximum atomic E-state index is 11.3. The van der Waals surface area contributed by atoms with Gasteiger partial charge in [0, 0.05) is 17.9 Å². The van der Waals surface area contributed by atoms with Gasteiger partial charge in [-0.05, 0) is 13.3 Å². The number of carbonyl (C=O) groups is 1. The number of aliphatic carboxylic acids is 1. The molecule has 0 aliphatic heterocycles. The number of hydrogen-bond acceptors (Lipinski definition) is 4. The van der Waals surface area contributed by atoms with Crippen molar-refractivity contribution in [3.05, 3.63) is 22.1 Å². The van der Waals surface area contributed by atoms with Crippen LogP contribution in [0.5, 0.6) is 0 Å². The van der Waals surface area contributed by atoms with Crippen molar-refractivity contribution >= 4 is 17.7 Å². The second-order valence-corrected chi connectivity index (χ2v) is 4.24. The van der Waals surface area contributed by atoms with Crippen LogP contribution in [0.15, 0.2) is 21.6 Å². The van der Waals surface area contributed by atoms with Crippen LogP contribution in [0.2, 0.25) is 0 Å². The maximum Gasteiger partial charge on any atom is 0.343 e. The minimum atomic E-state index is -0.900. The molecule has 0 aromatic carbocycles. The van der Waals surface area contributed by atoms with Crippen LogP contribution in [0.3, 0.4) is 0 Å². The topological polar surface area (TPSA) is 88.0 Å². The van der Waals surface area contributed by atoms with Crippen molar-refractivity contribution in [3.8, 4) is 0 Å². The molecule has 0 spiro atoms. The summed E-state index contributed by atoms with van der Waals surface area (Å²) < 4.78 is 1.50. The van der Waals surface area contributed by atoms with E-state index in [1.54, 1.807) is 13.0 Å². The fourth-order valence-electron chi connectivity index (χ4n) is 1.29. The van der Waals surface area contributed by atoms with Gasteiger partial charge in [-0.15, -0.1) is 5.10 Å². The van der Waals surface area contributed by atoms with Crippen LogP contribution in [0.25, 0.3) is 0 Å². The molecule has 0 bridgehead atoms. The summed E-state index contributed by atoms with van der Waals surface area (Å²) in [5, 5.41) is 15.6. The molecule has 0 amide bonds. The molecule has 7 heteroatoms. The van der Waals surface area contributed by atoms with Crippen molar-refractivity contribution in [2.45, 2.75) is 32.0 Å². The highest BCUT2D eigenvalue weighted by Gasteiger charge is 2.07. The lowest BCUT2D eigenvalue weighted by atomic mass is 10.2. The Hall–Kier alpha value is -1.50. The van der Waals surface area contributed by atoms with Gasteiger partial charge < -0.3 is 5.11 Å². The van der Waals surface area contributed by atoms with Gasteiger partial charge in [-0.2, -0.15) is 0 Å². The van der Waals surface area contributed by atoms with Gasteiger partial charge in [-0.25, -0.2) is 14.7 Å². The number of rotatable bonds is 6. The Kier molecular flexibility index (Phi) is 5.02. The lowest BCUT2D eigenvalue weighted by Gasteiger charge is -2.00. The molecule has 2 N–H and O–H groups in total. The Morgan fingerprint density at radius 3 is 2.82 bits per heavy atom. The number of hydrogen-bond donors (Lipinski definition) is 2. The zero-order valence-electron chi connectivity index (χ0n) is 9.77. The third kappa shape index (κ3) is 3.48. The summed E-state index contributed by atoms with van der Waals surface area (Å²) in [5.74, 6) is -0.414. The van der Waals surface area contributed by atoms with Crippen LogP contribution in [0.1, 0.15) is 20.3 Å².